The van der Waals surface area contributed by atoms with Crippen LogP contribution in [0.25, 0.3) is 10.9 Å². The summed E-state index contributed by atoms with van der Waals surface area (Å²) in [5.74, 6) is 0.408. The van der Waals surface area contributed by atoms with E-state index < -0.39 is 0 Å². The van der Waals surface area contributed by atoms with Gasteiger partial charge in [-0.15, -0.1) is 0 Å². The number of carbonyl (C=O) groups is 2. The fourth-order valence-corrected chi connectivity index (χ4v) is 4.03. The summed E-state index contributed by atoms with van der Waals surface area (Å²) in [6.45, 7) is 1.47. The van der Waals surface area contributed by atoms with Gasteiger partial charge in [0.2, 0.25) is 11.8 Å². The van der Waals surface area contributed by atoms with Gasteiger partial charge in [-0.3, -0.25) is 9.59 Å². The Labute approximate surface area is 180 Å². The van der Waals surface area contributed by atoms with E-state index in [0.29, 0.717) is 31.1 Å². The molecule has 0 saturated carbocycles. The molecule has 1 aliphatic rings. The standard InChI is InChI=1S/C23H24ClN3O3/c1-30-19-5-2-15(3-6-19)12-26-23(29)17-10-22(28)27(14-17)9-8-16-13-25-21-7-4-18(24)11-20(16)21/h2-7,11,13,17,25H,8-10,12,14H2,1H3,(H,26,29)/t17-/m0/s1. The lowest BCUT2D eigenvalue weighted by Crippen LogP contribution is -2.33. The van der Waals surface area contributed by atoms with E-state index in [9.17, 15) is 9.59 Å². The number of hydrogen-bond donors (Lipinski definition) is 2. The van der Waals surface area contributed by atoms with Gasteiger partial charge in [0.05, 0.1) is 13.0 Å². The molecule has 1 fully saturated rings. The van der Waals surface area contributed by atoms with E-state index in [0.717, 1.165) is 27.8 Å². The molecule has 0 spiro atoms. The van der Waals surface area contributed by atoms with Crippen molar-refractivity contribution in [3.8, 4) is 5.75 Å². The van der Waals surface area contributed by atoms with Gasteiger partial charge < -0.3 is 19.9 Å². The highest BCUT2D eigenvalue weighted by molar-refractivity contribution is 6.31. The minimum Gasteiger partial charge on any atom is -0.497 e. The molecule has 0 bridgehead atoms. The normalized spacial score (nSPS) is 16.3. The number of likely N-dealkylation sites (tertiary alicyclic amines) is 1. The molecule has 7 heteroatoms. The van der Waals surface area contributed by atoms with Crippen LogP contribution >= 0.6 is 11.6 Å². The number of halogens is 1. The first-order valence-corrected chi connectivity index (χ1v) is 10.3. The molecule has 0 aliphatic carbocycles. The van der Waals surface area contributed by atoms with Crippen molar-refractivity contribution in [3.05, 3.63) is 64.8 Å². The maximum absolute atomic E-state index is 12.5. The molecule has 1 aliphatic heterocycles. The van der Waals surface area contributed by atoms with Crippen molar-refractivity contribution in [2.45, 2.75) is 19.4 Å². The number of H-pyrrole nitrogens is 1. The summed E-state index contributed by atoms with van der Waals surface area (Å²) in [4.78, 5) is 30.0. The molecule has 0 radical (unpaired) electrons. The minimum absolute atomic E-state index is 0.0254. The molecule has 6 nitrogen and oxygen atoms in total. The van der Waals surface area contributed by atoms with Gasteiger partial charge >= 0.3 is 0 Å². The van der Waals surface area contributed by atoms with Crippen molar-refractivity contribution in [1.82, 2.24) is 15.2 Å². The maximum atomic E-state index is 12.5. The van der Waals surface area contributed by atoms with Crippen LogP contribution < -0.4 is 10.1 Å². The van der Waals surface area contributed by atoms with Gasteiger partial charge in [0.25, 0.3) is 0 Å². The van der Waals surface area contributed by atoms with E-state index >= 15 is 0 Å². The number of aromatic nitrogens is 1. The topological polar surface area (TPSA) is 74.4 Å². The zero-order valence-corrected chi connectivity index (χ0v) is 17.5. The van der Waals surface area contributed by atoms with Crippen LogP contribution in [-0.4, -0.2) is 41.9 Å². The number of ether oxygens (including phenoxy) is 1. The van der Waals surface area contributed by atoms with Gasteiger partial charge in [0.1, 0.15) is 5.75 Å². The van der Waals surface area contributed by atoms with Crippen LogP contribution in [0.5, 0.6) is 5.75 Å². The van der Waals surface area contributed by atoms with Crippen LogP contribution in [0.2, 0.25) is 5.02 Å². The number of rotatable bonds is 7. The minimum atomic E-state index is -0.312. The van der Waals surface area contributed by atoms with E-state index in [1.54, 1.807) is 12.0 Å². The van der Waals surface area contributed by atoms with Gasteiger partial charge in [-0.2, -0.15) is 0 Å². The Hall–Kier alpha value is -2.99. The summed E-state index contributed by atoms with van der Waals surface area (Å²) >= 11 is 6.11. The van der Waals surface area contributed by atoms with Gasteiger partial charge in [-0.1, -0.05) is 23.7 Å². The van der Waals surface area contributed by atoms with Crippen LogP contribution in [0.4, 0.5) is 0 Å². The molecule has 3 aromatic rings. The summed E-state index contributed by atoms with van der Waals surface area (Å²) in [6.07, 6.45) is 2.93. The lowest BCUT2D eigenvalue weighted by Gasteiger charge is -2.16. The first-order valence-electron chi connectivity index (χ1n) is 9.97. The molecular weight excluding hydrogens is 402 g/mol. The molecule has 30 heavy (non-hydrogen) atoms. The molecule has 2 aromatic carbocycles. The predicted octanol–water partition coefficient (Wildman–Crippen LogP) is 3.54. The third-order valence-electron chi connectivity index (χ3n) is 5.59. The largest absolute Gasteiger partial charge is 0.497 e. The average Bonchev–Trinajstić information content (AvgIpc) is 3.33. The molecule has 2 heterocycles. The van der Waals surface area contributed by atoms with Crippen LogP contribution in [0.15, 0.2) is 48.7 Å². The van der Waals surface area contributed by atoms with Crippen molar-refractivity contribution in [3.63, 3.8) is 0 Å². The smallest absolute Gasteiger partial charge is 0.225 e. The number of carbonyl (C=O) groups excluding carboxylic acids is 2. The van der Waals surface area contributed by atoms with Gasteiger partial charge in [0.15, 0.2) is 0 Å². The molecule has 2 N–H and O–H groups in total. The van der Waals surface area contributed by atoms with Crippen LogP contribution in [-0.2, 0) is 22.6 Å². The van der Waals surface area contributed by atoms with Gasteiger partial charge in [0, 0.05) is 48.2 Å². The second-order valence-corrected chi connectivity index (χ2v) is 8.00. The number of methoxy groups -OCH3 is 1. The van der Waals surface area contributed by atoms with E-state index in [1.807, 2.05) is 48.7 Å². The lowest BCUT2D eigenvalue weighted by molar-refractivity contribution is -0.129. The first kappa shape index (κ1) is 20.3. The Bertz CT molecular complexity index is 1060. The van der Waals surface area contributed by atoms with E-state index in [2.05, 4.69) is 10.3 Å². The lowest BCUT2D eigenvalue weighted by atomic mass is 10.1. The Morgan fingerprint density at radius 1 is 1.27 bits per heavy atom. The van der Waals surface area contributed by atoms with E-state index in [1.165, 1.54) is 0 Å². The third kappa shape index (κ3) is 4.44. The predicted molar refractivity (Wildman–Crippen MR) is 117 cm³/mol. The zero-order chi connectivity index (χ0) is 21.1. The van der Waals surface area contributed by atoms with Crippen LogP contribution in [0, 0.1) is 5.92 Å². The SMILES string of the molecule is COc1ccc(CNC(=O)[C@H]2CC(=O)N(CCc3c[nH]c4ccc(Cl)cc34)C2)cc1. The van der Waals surface area contributed by atoms with Crippen molar-refractivity contribution in [2.75, 3.05) is 20.2 Å². The fourth-order valence-electron chi connectivity index (χ4n) is 3.85. The second-order valence-electron chi connectivity index (χ2n) is 7.56. The highest BCUT2D eigenvalue weighted by Gasteiger charge is 2.33. The van der Waals surface area contributed by atoms with Crippen LogP contribution in [0.3, 0.4) is 0 Å². The summed E-state index contributed by atoms with van der Waals surface area (Å²) < 4.78 is 5.14. The van der Waals surface area contributed by atoms with Crippen molar-refractivity contribution in [2.24, 2.45) is 5.92 Å². The molecule has 2 amide bonds. The Balaban J connectivity index is 1.30. The summed E-state index contributed by atoms with van der Waals surface area (Å²) in [5.41, 5.74) is 3.13. The summed E-state index contributed by atoms with van der Waals surface area (Å²) in [5, 5.41) is 4.70. The number of nitrogens with zero attached hydrogens (tertiary/aromatic N) is 1. The van der Waals surface area contributed by atoms with E-state index in [4.69, 9.17) is 16.3 Å². The molecule has 156 valence electrons. The number of benzene rings is 2. The Morgan fingerprint density at radius 2 is 2.07 bits per heavy atom. The summed E-state index contributed by atoms with van der Waals surface area (Å²) in [6, 6.07) is 13.3. The molecule has 1 atom stereocenters. The average molecular weight is 426 g/mol. The first-order chi connectivity index (χ1) is 14.5. The third-order valence-corrected chi connectivity index (χ3v) is 5.83. The number of hydrogen-bond acceptors (Lipinski definition) is 3. The van der Waals surface area contributed by atoms with Crippen molar-refractivity contribution < 1.29 is 14.3 Å². The Morgan fingerprint density at radius 3 is 2.83 bits per heavy atom. The zero-order valence-electron chi connectivity index (χ0n) is 16.8. The number of nitrogens with one attached hydrogen (secondary N) is 2. The highest BCUT2D eigenvalue weighted by Crippen LogP contribution is 2.24. The quantitative estimate of drug-likeness (QED) is 0.608. The molecule has 1 saturated heterocycles. The van der Waals surface area contributed by atoms with E-state index in [-0.39, 0.29) is 24.2 Å². The maximum Gasteiger partial charge on any atom is 0.225 e. The highest BCUT2D eigenvalue weighted by atomic mass is 35.5. The molecule has 0 unspecified atom stereocenters. The molecule has 1 aromatic heterocycles. The second kappa shape index (κ2) is 8.79. The summed E-state index contributed by atoms with van der Waals surface area (Å²) in [7, 11) is 1.62. The van der Waals surface area contributed by atoms with Crippen LogP contribution in [0.1, 0.15) is 17.5 Å². The van der Waals surface area contributed by atoms with Gasteiger partial charge in [-0.05, 0) is 47.9 Å². The molecular formula is C23H24ClN3O3. The number of aromatic amines is 1. The monoisotopic (exact) mass is 425 g/mol. The van der Waals surface area contributed by atoms with Gasteiger partial charge in [-0.25, -0.2) is 0 Å². The number of amides is 2. The van der Waals surface area contributed by atoms with Crippen molar-refractivity contribution in [1.29, 1.82) is 0 Å². The van der Waals surface area contributed by atoms with Crippen molar-refractivity contribution >= 4 is 34.3 Å². The fraction of sp³-hybridized carbons (Fsp3) is 0.304. The Kier molecular flexibility index (Phi) is 5.95. The molecule has 4 rings (SSSR count). The number of fused-ring (bicyclic) bond motifs is 1.